The van der Waals surface area contributed by atoms with Crippen molar-refractivity contribution in [1.82, 2.24) is 14.5 Å². The molecule has 3 rings (SSSR count). The number of ether oxygens (including phenoxy) is 1. The molecule has 1 fully saturated rings. The zero-order chi connectivity index (χ0) is 17.5. The van der Waals surface area contributed by atoms with Gasteiger partial charge in [0.05, 0.1) is 16.7 Å². The third-order valence-corrected chi connectivity index (χ3v) is 4.17. The number of hydrogen-bond acceptors (Lipinski definition) is 4. The summed E-state index contributed by atoms with van der Waals surface area (Å²) < 4.78 is 7.06. The van der Waals surface area contributed by atoms with E-state index < -0.39 is 5.60 Å². The standard InChI is InChI=1S/C17H24N4O3/c1-17(2,3)24-16(23)21-10-8-20(9-11-21)13-7-5-6-12-14(13)19(4)15(22)18-12/h5-7H,8-11H2,1-4H3,(H,18,22). The molecule has 0 saturated carbocycles. The topological polar surface area (TPSA) is 70.6 Å². The van der Waals surface area contributed by atoms with Crippen molar-refractivity contribution in [3.8, 4) is 0 Å². The number of para-hydroxylation sites is 1. The molecule has 1 aliphatic rings. The van der Waals surface area contributed by atoms with Gasteiger partial charge in [0.2, 0.25) is 0 Å². The number of fused-ring (bicyclic) bond motifs is 1. The van der Waals surface area contributed by atoms with Gasteiger partial charge in [-0.1, -0.05) is 6.07 Å². The molecule has 0 unspecified atom stereocenters. The smallest absolute Gasteiger partial charge is 0.410 e. The maximum Gasteiger partial charge on any atom is 0.410 e. The van der Waals surface area contributed by atoms with Crippen molar-refractivity contribution in [2.45, 2.75) is 26.4 Å². The molecular weight excluding hydrogens is 308 g/mol. The number of rotatable bonds is 1. The fourth-order valence-corrected chi connectivity index (χ4v) is 3.00. The van der Waals surface area contributed by atoms with Crippen molar-refractivity contribution < 1.29 is 9.53 Å². The fraction of sp³-hybridized carbons (Fsp3) is 0.529. The first kappa shape index (κ1) is 16.4. The van der Waals surface area contributed by atoms with Crippen LogP contribution in [0.1, 0.15) is 20.8 Å². The number of nitrogens with zero attached hydrogens (tertiary/aromatic N) is 3. The van der Waals surface area contributed by atoms with Crippen LogP contribution in [-0.2, 0) is 11.8 Å². The van der Waals surface area contributed by atoms with E-state index in [0.29, 0.717) is 26.2 Å². The van der Waals surface area contributed by atoms with Crippen LogP contribution in [0.2, 0.25) is 0 Å². The molecule has 7 nitrogen and oxygen atoms in total. The Morgan fingerprint density at radius 1 is 1.17 bits per heavy atom. The normalized spacial score (nSPS) is 15.8. The van der Waals surface area contributed by atoms with Gasteiger partial charge in [-0.25, -0.2) is 9.59 Å². The van der Waals surface area contributed by atoms with E-state index in [4.69, 9.17) is 4.74 Å². The van der Waals surface area contributed by atoms with Crippen molar-refractivity contribution in [2.24, 2.45) is 7.05 Å². The predicted molar refractivity (Wildman–Crippen MR) is 93.6 cm³/mol. The maximum atomic E-state index is 12.2. The number of amides is 1. The Morgan fingerprint density at radius 3 is 2.46 bits per heavy atom. The SMILES string of the molecule is Cn1c(=O)[nH]c2cccc(N3CCN(C(=O)OC(C)(C)C)CC3)c21. The number of carbonyl (C=O) groups excluding carboxylic acids is 1. The molecule has 1 N–H and O–H groups in total. The van der Waals surface area contributed by atoms with E-state index in [9.17, 15) is 9.59 Å². The lowest BCUT2D eigenvalue weighted by atomic mass is 10.2. The van der Waals surface area contributed by atoms with Crippen LogP contribution in [0.25, 0.3) is 11.0 Å². The average Bonchev–Trinajstić information content (AvgIpc) is 2.81. The summed E-state index contributed by atoms with van der Waals surface area (Å²) in [5.74, 6) is 0. The summed E-state index contributed by atoms with van der Waals surface area (Å²) in [6.07, 6.45) is -0.269. The van der Waals surface area contributed by atoms with Crippen molar-refractivity contribution in [3.63, 3.8) is 0 Å². The summed E-state index contributed by atoms with van der Waals surface area (Å²) in [4.78, 5) is 30.8. The summed E-state index contributed by atoms with van der Waals surface area (Å²) in [6, 6.07) is 5.85. The van der Waals surface area contributed by atoms with Gasteiger partial charge >= 0.3 is 11.8 Å². The van der Waals surface area contributed by atoms with Crippen LogP contribution in [-0.4, -0.2) is 52.3 Å². The number of aromatic amines is 1. The Labute approximate surface area is 140 Å². The first-order valence-corrected chi connectivity index (χ1v) is 8.17. The molecule has 2 aromatic rings. The Bertz CT molecular complexity index is 807. The lowest BCUT2D eigenvalue weighted by Crippen LogP contribution is -2.50. The van der Waals surface area contributed by atoms with E-state index >= 15 is 0 Å². The number of piperazine rings is 1. The number of imidazole rings is 1. The number of nitrogens with one attached hydrogen (secondary N) is 1. The molecule has 0 bridgehead atoms. The zero-order valence-electron chi connectivity index (χ0n) is 14.6. The number of carbonyl (C=O) groups is 1. The van der Waals surface area contributed by atoms with Crippen LogP contribution in [0.4, 0.5) is 10.5 Å². The van der Waals surface area contributed by atoms with Crippen molar-refractivity contribution in [2.75, 3.05) is 31.1 Å². The average molecular weight is 332 g/mol. The molecular formula is C17H24N4O3. The van der Waals surface area contributed by atoms with Gasteiger partial charge in [0.15, 0.2) is 0 Å². The molecule has 2 heterocycles. The molecule has 1 saturated heterocycles. The molecule has 1 amide bonds. The van der Waals surface area contributed by atoms with Crippen LogP contribution in [0.15, 0.2) is 23.0 Å². The minimum atomic E-state index is -0.483. The van der Waals surface area contributed by atoms with E-state index in [1.54, 1.807) is 16.5 Å². The monoisotopic (exact) mass is 332 g/mol. The summed E-state index contributed by atoms with van der Waals surface area (Å²) in [7, 11) is 1.77. The molecule has 0 radical (unpaired) electrons. The van der Waals surface area contributed by atoms with E-state index in [1.807, 2.05) is 39.0 Å². The van der Waals surface area contributed by atoms with E-state index in [2.05, 4.69) is 9.88 Å². The van der Waals surface area contributed by atoms with Gasteiger partial charge in [-0.05, 0) is 32.9 Å². The number of aryl methyl sites for hydroxylation is 1. The third kappa shape index (κ3) is 3.11. The third-order valence-electron chi connectivity index (χ3n) is 4.17. The van der Waals surface area contributed by atoms with Crippen LogP contribution < -0.4 is 10.6 Å². The number of anilines is 1. The second kappa shape index (κ2) is 5.89. The minimum absolute atomic E-state index is 0.121. The highest BCUT2D eigenvalue weighted by Crippen LogP contribution is 2.25. The van der Waals surface area contributed by atoms with Crippen molar-refractivity contribution >= 4 is 22.8 Å². The molecule has 0 spiro atoms. The van der Waals surface area contributed by atoms with Gasteiger partial charge < -0.3 is 19.5 Å². The number of hydrogen-bond donors (Lipinski definition) is 1. The Morgan fingerprint density at radius 2 is 1.83 bits per heavy atom. The lowest BCUT2D eigenvalue weighted by Gasteiger charge is -2.37. The molecule has 1 aliphatic heterocycles. The summed E-state index contributed by atoms with van der Waals surface area (Å²) in [6.45, 7) is 8.22. The largest absolute Gasteiger partial charge is 0.444 e. The minimum Gasteiger partial charge on any atom is -0.444 e. The second-order valence-electron chi connectivity index (χ2n) is 7.12. The van der Waals surface area contributed by atoms with E-state index in [1.165, 1.54) is 0 Å². The second-order valence-corrected chi connectivity index (χ2v) is 7.12. The van der Waals surface area contributed by atoms with Crippen LogP contribution >= 0.6 is 0 Å². The molecule has 0 aliphatic carbocycles. The number of aromatic nitrogens is 2. The molecule has 0 atom stereocenters. The van der Waals surface area contributed by atoms with Crippen LogP contribution in [0.3, 0.4) is 0 Å². The fourth-order valence-electron chi connectivity index (χ4n) is 3.00. The number of H-pyrrole nitrogens is 1. The quantitative estimate of drug-likeness (QED) is 0.866. The molecule has 24 heavy (non-hydrogen) atoms. The summed E-state index contributed by atoms with van der Waals surface area (Å²) in [5, 5.41) is 0. The summed E-state index contributed by atoms with van der Waals surface area (Å²) >= 11 is 0. The Balaban J connectivity index is 1.76. The van der Waals surface area contributed by atoms with Gasteiger partial charge in [0.25, 0.3) is 0 Å². The molecule has 130 valence electrons. The zero-order valence-corrected chi connectivity index (χ0v) is 14.6. The molecule has 7 heteroatoms. The lowest BCUT2D eigenvalue weighted by molar-refractivity contribution is 0.0240. The van der Waals surface area contributed by atoms with Gasteiger partial charge in [-0.2, -0.15) is 0 Å². The van der Waals surface area contributed by atoms with Crippen molar-refractivity contribution in [3.05, 3.63) is 28.7 Å². The van der Waals surface area contributed by atoms with Crippen LogP contribution in [0, 0.1) is 0 Å². The highest BCUT2D eigenvalue weighted by atomic mass is 16.6. The summed E-state index contributed by atoms with van der Waals surface area (Å²) in [5.41, 5.74) is 2.13. The Hall–Kier alpha value is -2.44. The highest BCUT2D eigenvalue weighted by Gasteiger charge is 2.26. The van der Waals surface area contributed by atoms with Crippen molar-refractivity contribution in [1.29, 1.82) is 0 Å². The van der Waals surface area contributed by atoms with Gasteiger partial charge in [0, 0.05) is 33.2 Å². The van der Waals surface area contributed by atoms with Gasteiger partial charge in [-0.3, -0.25) is 4.57 Å². The molecule has 1 aromatic heterocycles. The van der Waals surface area contributed by atoms with E-state index in [0.717, 1.165) is 16.7 Å². The molecule has 1 aromatic carbocycles. The Kier molecular flexibility index (Phi) is 4.03. The van der Waals surface area contributed by atoms with Gasteiger partial charge in [-0.15, -0.1) is 0 Å². The van der Waals surface area contributed by atoms with Gasteiger partial charge in [0.1, 0.15) is 5.60 Å². The van der Waals surface area contributed by atoms with Crippen LogP contribution in [0.5, 0.6) is 0 Å². The number of benzene rings is 1. The highest BCUT2D eigenvalue weighted by molar-refractivity contribution is 5.89. The first-order chi connectivity index (χ1) is 11.3. The first-order valence-electron chi connectivity index (χ1n) is 8.17. The predicted octanol–water partition coefficient (Wildman–Crippen LogP) is 1.92. The van der Waals surface area contributed by atoms with E-state index in [-0.39, 0.29) is 11.8 Å². The maximum absolute atomic E-state index is 12.2.